The predicted octanol–water partition coefficient (Wildman–Crippen LogP) is 2.83. The van der Waals surface area contributed by atoms with Crippen LogP contribution >= 0.6 is 0 Å². The van der Waals surface area contributed by atoms with Crippen molar-refractivity contribution in [3.05, 3.63) is 53.7 Å². The quantitative estimate of drug-likeness (QED) is 0.668. The highest BCUT2D eigenvalue weighted by atomic mass is 16.3. The van der Waals surface area contributed by atoms with E-state index in [-0.39, 0.29) is 17.2 Å². The van der Waals surface area contributed by atoms with Gasteiger partial charge in [0.2, 0.25) is 0 Å². The molecule has 3 rings (SSSR count). The first-order chi connectivity index (χ1) is 9.65. The summed E-state index contributed by atoms with van der Waals surface area (Å²) in [6.07, 6.45) is 0. The maximum absolute atomic E-state index is 12.2. The van der Waals surface area contributed by atoms with Crippen molar-refractivity contribution < 1.29 is 9.90 Å². The summed E-state index contributed by atoms with van der Waals surface area (Å²) in [6.45, 7) is 1.84. The molecule has 20 heavy (non-hydrogen) atoms. The number of aromatic nitrogens is 2. The number of carbonyl (C=O) groups is 1. The molecule has 0 saturated heterocycles. The van der Waals surface area contributed by atoms with Crippen LogP contribution in [-0.2, 0) is 0 Å². The molecule has 5 nitrogen and oxygen atoms in total. The first kappa shape index (κ1) is 12.2. The number of fused-ring (bicyclic) bond motifs is 1. The highest BCUT2D eigenvalue weighted by Crippen LogP contribution is 2.28. The topological polar surface area (TPSA) is 78.0 Å². The number of aromatic hydroxyl groups is 1. The van der Waals surface area contributed by atoms with Crippen molar-refractivity contribution in [3.8, 4) is 5.75 Å². The number of phenolic OH excluding ortho intramolecular Hbond substituents is 1. The number of H-pyrrole nitrogens is 1. The van der Waals surface area contributed by atoms with Crippen LogP contribution in [0.15, 0.2) is 42.5 Å². The van der Waals surface area contributed by atoms with Crippen molar-refractivity contribution in [2.24, 2.45) is 0 Å². The number of hydrogen-bond acceptors (Lipinski definition) is 3. The molecular formula is C15H13N3O2. The average Bonchev–Trinajstić information content (AvgIpc) is 2.84. The lowest BCUT2D eigenvalue weighted by molar-refractivity contribution is 0.102. The summed E-state index contributed by atoms with van der Waals surface area (Å²) in [5, 5.41) is 21.1. The molecule has 0 radical (unpaired) electrons. The summed E-state index contributed by atoms with van der Waals surface area (Å²) in [5.41, 5.74) is 1.08. The molecule has 0 aliphatic carbocycles. The van der Waals surface area contributed by atoms with Gasteiger partial charge in [-0.3, -0.25) is 9.89 Å². The monoisotopic (exact) mass is 267 g/mol. The third-order valence-electron chi connectivity index (χ3n) is 3.09. The Hall–Kier alpha value is -2.82. The van der Waals surface area contributed by atoms with Gasteiger partial charge in [0, 0.05) is 17.1 Å². The molecular weight excluding hydrogens is 254 g/mol. The predicted molar refractivity (Wildman–Crippen MR) is 76.9 cm³/mol. The van der Waals surface area contributed by atoms with Crippen LogP contribution in [0.4, 0.5) is 5.82 Å². The van der Waals surface area contributed by atoms with Gasteiger partial charge in [-0.15, -0.1) is 0 Å². The summed E-state index contributed by atoms with van der Waals surface area (Å²) in [5.74, 6) is 0.0210. The highest BCUT2D eigenvalue weighted by molar-refractivity contribution is 6.09. The number of benzene rings is 2. The zero-order valence-electron chi connectivity index (χ0n) is 10.8. The molecule has 2 aromatic carbocycles. The SMILES string of the molecule is Cc1cc(NC(=O)c2ccc3ccccc3c2O)n[nH]1. The van der Waals surface area contributed by atoms with E-state index in [2.05, 4.69) is 15.5 Å². The zero-order chi connectivity index (χ0) is 14.1. The molecule has 0 fully saturated rings. The van der Waals surface area contributed by atoms with Crippen molar-refractivity contribution in [2.75, 3.05) is 5.32 Å². The fourth-order valence-electron chi connectivity index (χ4n) is 2.10. The molecule has 1 aromatic heterocycles. The molecule has 3 N–H and O–H groups in total. The molecule has 1 heterocycles. The Bertz CT molecular complexity index is 793. The van der Waals surface area contributed by atoms with E-state index < -0.39 is 0 Å². The average molecular weight is 267 g/mol. The van der Waals surface area contributed by atoms with E-state index in [1.807, 2.05) is 25.1 Å². The Morgan fingerprint density at radius 2 is 2.05 bits per heavy atom. The molecule has 1 amide bonds. The molecule has 0 aliphatic heterocycles. The minimum Gasteiger partial charge on any atom is -0.506 e. The molecule has 0 unspecified atom stereocenters. The van der Waals surface area contributed by atoms with Crippen molar-refractivity contribution in [1.29, 1.82) is 0 Å². The summed E-state index contributed by atoms with van der Waals surface area (Å²) in [4.78, 5) is 12.2. The van der Waals surface area contributed by atoms with Crippen LogP contribution in [0.5, 0.6) is 5.75 Å². The third kappa shape index (κ3) is 2.09. The van der Waals surface area contributed by atoms with Crippen LogP contribution in [0.25, 0.3) is 10.8 Å². The normalized spacial score (nSPS) is 10.7. The standard InChI is InChI=1S/C15H13N3O2/c1-9-8-13(18-17-9)16-15(20)12-7-6-10-4-2-3-5-11(10)14(12)19/h2-8,19H,1H3,(H2,16,17,18,20). The van der Waals surface area contributed by atoms with E-state index in [4.69, 9.17) is 0 Å². The molecule has 0 atom stereocenters. The fourth-order valence-corrected chi connectivity index (χ4v) is 2.10. The molecule has 0 saturated carbocycles. The van der Waals surface area contributed by atoms with Gasteiger partial charge >= 0.3 is 0 Å². The highest BCUT2D eigenvalue weighted by Gasteiger charge is 2.14. The van der Waals surface area contributed by atoms with Gasteiger partial charge < -0.3 is 10.4 Å². The largest absolute Gasteiger partial charge is 0.506 e. The Morgan fingerprint density at radius 3 is 2.80 bits per heavy atom. The lowest BCUT2D eigenvalue weighted by atomic mass is 10.0. The summed E-state index contributed by atoms with van der Waals surface area (Å²) in [6, 6.07) is 12.5. The molecule has 0 bridgehead atoms. The van der Waals surface area contributed by atoms with Gasteiger partial charge in [0.05, 0.1) is 5.56 Å². The number of carbonyl (C=O) groups excluding carboxylic acids is 1. The Morgan fingerprint density at radius 1 is 1.25 bits per heavy atom. The number of amides is 1. The minimum absolute atomic E-state index is 0.0205. The molecule has 5 heteroatoms. The van der Waals surface area contributed by atoms with E-state index in [0.717, 1.165) is 11.1 Å². The smallest absolute Gasteiger partial charge is 0.260 e. The fraction of sp³-hybridized carbons (Fsp3) is 0.0667. The second-order valence-electron chi connectivity index (χ2n) is 4.57. The Balaban J connectivity index is 1.97. The number of aryl methyl sites for hydroxylation is 1. The third-order valence-corrected chi connectivity index (χ3v) is 3.09. The lowest BCUT2D eigenvalue weighted by Gasteiger charge is -2.07. The van der Waals surface area contributed by atoms with Gasteiger partial charge in [-0.05, 0) is 18.4 Å². The van der Waals surface area contributed by atoms with Crippen LogP contribution < -0.4 is 5.32 Å². The number of anilines is 1. The first-order valence-corrected chi connectivity index (χ1v) is 6.19. The van der Waals surface area contributed by atoms with Gasteiger partial charge in [-0.25, -0.2) is 0 Å². The van der Waals surface area contributed by atoms with Crippen LogP contribution in [0.1, 0.15) is 16.1 Å². The van der Waals surface area contributed by atoms with E-state index in [1.54, 1.807) is 24.3 Å². The zero-order valence-corrected chi connectivity index (χ0v) is 10.8. The van der Waals surface area contributed by atoms with Crippen molar-refractivity contribution in [3.63, 3.8) is 0 Å². The van der Waals surface area contributed by atoms with Gasteiger partial charge in [0.25, 0.3) is 5.91 Å². The van der Waals surface area contributed by atoms with Gasteiger partial charge in [0.15, 0.2) is 5.82 Å². The van der Waals surface area contributed by atoms with Crippen molar-refractivity contribution in [1.82, 2.24) is 10.2 Å². The number of phenols is 1. The number of nitrogens with one attached hydrogen (secondary N) is 2. The van der Waals surface area contributed by atoms with E-state index in [9.17, 15) is 9.90 Å². The Labute approximate surface area is 115 Å². The van der Waals surface area contributed by atoms with Gasteiger partial charge in [0.1, 0.15) is 5.75 Å². The number of aromatic amines is 1. The lowest BCUT2D eigenvalue weighted by Crippen LogP contribution is -2.12. The van der Waals surface area contributed by atoms with E-state index in [0.29, 0.717) is 11.2 Å². The number of nitrogens with zero attached hydrogens (tertiary/aromatic N) is 1. The summed E-state index contributed by atoms with van der Waals surface area (Å²) < 4.78 is 0. The van der Waals surface area contributed by atoms with Gasteiger partial charge in [-0.1, -0.05) is 30.3 Å². The first-order valence-electron chi connectivity index (χ1n) is 6.19. The maximum Gasteiger partial charge on any atom is 0.260 e. The van der Waals surface area contributed by atoms with Crippen molar-refractivity contribution >= 4 is 22.5 Å². The molecule has 0 spiro atoms. The maximum atomic E-state index is 12.2. The van der Waals surface area contributed by atoms with Gasteiger partial charge in [-0.2, -0.15) is 5.10 Å². The van der Waals surface area contributed by atoms with Crippen LogP contribution in [0.3, 0.4) is 0 Å². The Kier molecular flexibility index (Phi) is 2.87. The van der Waals surface area contributed by atoms with Crippen molar-refractivity contribution in [2.45, 2.75) is 6.92 Å². The molecule has 100 valence electrons. The number of hydrogen-bond donors (Lipinski definition) is 3. The second-order valence-corrected chi connectivity index (χ2v) is 4.57. The van der Waals surface area contributed by atoms with Crippen LogP contribution in [0.2, 0.25) is 0 Å². The van der Waals surface area contributed by atoms with E-state index >= 15 is 0 Å². The van der Waals surface area contributed by atoms with Crippen LogP contribution in [-0.4, -0.2) is 21.2 Å². The minimum atomic E-state index is -0.389. The second kappa shape index (κ2) is 4.70. The summed E-state index contributed by atoms with van der Waals surface area (Å²) >= 11 is 0. The van der Waals surface area contributed by atoms with E-state index in [1.165, 1.54) is 0 Å². The molecule has 0 aliphatic rings. The van der Waals surface area contributed by atoms with Crippen LogP contribution in [0, 0.1) is 6.92 Å². The molecule has 3 aromatic rings. The summed E-state index contributed by atoms with van der Waals surface area (Å²) in [7, 11) is 0. The number of rotatable bonds is 2.